The van der Waals surface area contributed by atoms with Crippen molar-refractivity contribution in [1.82, 2.24) is 0 Å². The van der Waals surface area contributed by atoms with Gasteiger partial charge >= 0.3 is 5.97 Å². The van der Waals surface area contributed by atoms with Crippen LogP contribution in [0, 0.1) is 0 Å². The van der Waals surface area contributed by atoms with Crippen LogP contribution in [-0.2, 0) is 11.2 Å². The van der Waals surface area contributed by atoms with Crippen molar-refractivity contribution >= 4 is 21.9 Å². The Morgan fingerprint density at radius 1 is 0.958 bits per heavy atom. The number of esters is 1. The quantitative estimate of drug-likeness (QED) is 0.667. The zero-order valence-corrected chi connectivity index (χ0v) is 15.4. The minimum atomic E-state index is -0.424. The molecule has 2 rings (SSSR count). The third kappa shape index (κ3) is 4.41. The van der Waals surface area contributed by atoms with Gasteiger partial charge in [-0.3, -0.25) is 0 Å². The summed E-state index contributed by atoms with van der Waals surface area (Å²) < 4.78 is 21.6. The summed E-state index contributed by atoms with van der Waals surface area (Å²) in [4.78, 5) is 12.2. The van der Waals surface area contributed by atoms with Gasteiger partial charge in [0.05, 0.1) is 33.5 Å². The van der Waals surface area contributed by atoms with Crippen molar-refractivity contribution in [2.75, 3.05) is 27.9 Å². The van der Waals surface area contributed by atoms with Crippen LogP contribution in [0.15, 0.2) is 40.9 Å². The molecule has 0 heterocycles. The van der Waals surface area contributed by atoms with Crippen LogP contribution >= 0.6 is 15.9 Å². The first kappa shape index (κ1) is 18.1. The lowest BCUT2D eigenvalue weighted by Crippen LogP contribution is -2.09. The number of carbonyl (C=O) groups is 1. The first-order chi connectivity index (χ1) is 11.6. The van der Waals surface area contributed by atoms with E-state index in [9.17, 15) is 4.79 Å². The minimum Gasteiger partial charge on any atom is -0.497 e. The Morgan fingerprint density at radius 2 is 1.54 bits per heavy atom. The predicted octanol–water partition coefficient (Wildman–Crippen LogP) is 3.87. The van der Waals surface area contributed by atoms with Crippen LogP contribution in [0.25, 0.3) is 0 Å². The van der Waals surface area contributed by atoms with E-state index < -0.39 is 5.97 Å². The molecule has 0 aliphatic carbocycles. The van der Waals surface area contributed by atoms with E-state index in [-0.39, 0.29) is 6.61 Å². The van der Waals surface area contributed by atoms with E-state index in [0.29, 0.717) is 28.0 Å². The molecule has 0 spiro atoms. The highest BCUT2D eigenvalue weighted by atomic mass is 79.9. The molecule has 0 aliphatic rings. The maximum absolute atomic E-state index is 12.2. The van der Waals surface area contributed by atoms with Crippen LogP contribution in [0.2, 0.25) is 0 Å². The molecule has 2 aromatic rings. The maximum atomic E-state index is 12.2. The van der Waals surface area contributed by atoms with E-state index in [4.69, 9.17) is 18.9 Å². The van der Waals surface area contributed by atoms with Crippen molar-refractivity contribution in [2.24, 2.45) is 0 Å². The van der Waals surface area contributed by atoms with Crippen molar-refractivity contribution in [2.45, 2.75) is 6.42 Å². The number of benzene rings is 2. The maximum Gasteiger partial charge on any atom is 0.338 e. The van der Waals surface area contributed by atoms with Crippen LogP contribution in [0.5, 0.6) is 17.2 Å². The summed E-state index contributed by atoms with van der Waals surface area (Å²) in [6, 6.07) is 10.9. The summed E-state index contributed by atoms with van der Waals surface area (Å²) in [7, 11) is 4.67. The Labute approximate surface area is 149 Å². The first-order valence-corrected chi connectivity index (χ1v) is 8.10. The van der Waals surface area contributed by atoms with E-state index >= 15 is 0 Å². The number of hydrogen-bond donors (Lipinski definition) is 0. The van der Waals surface area contributed by atoms with E-state index in [1.54, 1.807) is 19.2 Å². The fourth-order valence-corrected chi connectivity index (χ4v) is 2.68. The zero-order valence-electron chi connectivity index (χ0n) is 13.8. The van der Waals surface area contributed by atoms with Gasteiger partial charge in [0.15, 0.2) is 0 Å². The Kier molecular flexibility index (Phi) is 6.49. The van der Waals surface area contributed by atoms with Crippen LogP contribution < -0.4 is 14.2 Å². The van der Waals surface area contributed by atoms with Gasteiger partial charge in [0.1, 0.15) is 21.7 Å². The van der Waals surface area contributed by atoms with Gasteiger partial charge in [-0.05, 0) is 45.8 Å². The summed E-state index contributed by atoms with van der Waals surface area (Å²) in [5.74, 6) is 1.39. The third-order valence-electron chi connectivity index (χ3n) is 3.46. The molecular formula is C18H19BrO5. The number of ether oxygens (including phenoxy) is 4. The number of halogens is 1. The topological polar surface area (TPSA) is 54.0 Å². The lowest BCUT2D eigenvalue weighted by Gasteiger charge is -2.11. The molecule has 0 saturated heterocycles. The highest BCUT2D eigenvalue weighted by molar-refractivity contribution is 9.10. The standard InChI is InChI=1S/C18H19BrO5/c1-21-14-6-4-12(5-7-14)8-9-24-18(20)13-10-15(22-2)17(19)16(11-13)23-3/h4-7,10-11H,8-9H2,1-3H3. The minimum absolute atomic E-state index is 0.284. The highest BCUT2D eigenvalue weighted by Crippen LogP contribution is 2.35. The van der Waals surface area contributed by atoms with Gasteiger partial charge in [-0.15, -0.1) is 0 Å². The van der Waals surface area contributed by atoms with Crippen LogP contribution in [0.1, 0.15) is 15.9 Å². The molecule has 5 nitrogen and oxygen atoms in total. The van der Waals surface area contributed by atoms with Crippen LogP contribution in [0.4, 0.5) is 0 Å². The summed E-state index contributed by atoms with van der Waals surface area (Å²) in [5, 5.41) is 0. The Bertz CT molecular complexity index is 672. The normalized spacial score (nSPS) is 10.2. The average molecular weight is 395 g/mol. The molecule has 0 atom stereocenters. The van der Waals surface area contributed by atoms with Crippen LogP contribution in [-0.4, -0.2) is 33.9 Å². The Balaban J connectivity index is 1.99. The smallest absolute Gasteiger partial charge is 0.338 e. The molecule has 6 heteroatoms. The van der Waals surface area contributed by atoms with Crippen molar-refractivity contribution < 1.29 is 23.7 Å². The molecule has 128 valence electrons. The number of rotatable bonds is 7. The second-order valence-electron chi connectivity index (χ2n) is 4.93. The molecule has 0 bridgehead atoms. The first-order valence-electron chi connectivity index (χ1n) is 7.30. The van der Waals surface area contributed by atoms with E-state index in [1.807, 2.05) is 24.3 Å². The Hall–Kier alpha value is -2.21. The van der Waals surface area contributed by atoms with Crippen LogP contribution in [0.3, 0.4) is 0 Å². The van der Waals surface area contributed by atoms with E-state index in [0.717, 1.165) is 11.3 Å². The molecule has 0 aromatic heterocycles. The predicted molar refractivity (Wildman–Crippen MR) is 94.2 cm³/mol. The second kappa shape index (κ2) is 8.59. The summed E-state index contributed by atoms with van der Waals surface area (Å²) in [5.41, 5.74) is 1.44. The molecule has 0 unspecified atom stereocenters. The third-order valence-corrected chi connectivity index (χ3v) is 4.25. The molecule has 0 amide bonds. The Morgan fingerprint density at radius 3 is 2.04 bits per heavy atom. The largest absolute Gasteiger partial charge is 0.497 e. The average Bonchev–Trinajstić information content (AvgIpc) is 2.62. The lowest BCUT2D eigenvalue weighted by atomic mass is 10.1. The highest BCUT2D eigenvalue weighted by Gasteiger charge is 2.15. The zero-order chi connectivity index (χ0) is 17.5. The van der Waals surface area contributed by atoms with Gasteiger partial charge in [-0.25, -0.2) is 4.79 Å². The van der Waals surface area contributed by atoms with Gasteiger partial charge in [0.25, 0.3) is 0 Å². The molecule has 0 fully saturated rings. The number of carbonyl (C=O) groups excluding carboxylic acids is 1. The van der Waals surface area contributed by atoms with Crippen molar-refractivity contribution in [1.29, 1.82) is 0 Å². The van der Waals surface area contributed by atoms with Crippen molar-refractivity contribution in [3.05, 3.63) is 52.0 Å². The monoisotopic (exact) mass is 394 g/mol. The molecule has 0 N–H and O–H groups in total. The fourth-order valence-electron chi connectivity index (χ4n) is 2.12. The summed E-state index contributed by atoms with van der Waals surface area (Å²) in [6.45, 7) is 0.284. The molecule has 0 radical (unpaired) electrons. The summed E-state index contributed by atoms with van der Waals surface area (Å²) >= 11 is 3.37. The van der Waals surface area contributed by atoms with Gasteiger partial charge in [-0.1, -0.05) is 12.1 Å². The number of methoxy groups -OCH3 is 3. The van der Waals surface area contributed by atoms with Gasteiger partial charge < -0.3 is 18.9 Å². The van der Waals surface area contributed by atoms with Crippen molar-refractivity contribution in [3.8, 4) is 17.2 Å². The van der Waals surface area contributed by atoms with Gasteiger partial charge in [0.2, 0.25) is 0 Å². The van der Waals surface area contributed by atoms with E-state index in [1.165, 1.54) is 14.2 Å². The SMILES string of the molecule is COc1ccc(CCOC(=O)c2cc(OC)c(Br)c(OC)c2)cc1. The molecule has 2 aromatic carbocycles. The van der Waals surface area contributed by atoms with Gasteiger partial charge in [-0.2, -0.15) is 0 Å². The second-order valence-corrected chi connectivity index (χ2v) is 5.72. The molecule has 24 heavy (non-hydrogen) atoms. The molecular weight excluding hydrogens is 376 g/mol. The lowest BCUT2D eigenvalue weighted by molar-refractivity contribution is 0.0508. The molecule has 0 aliphatic heterocycles. The van der Waals surface area contributed by atoms with Crippen molar-refractivity contribution in [3.63, 3.8) is 0 Å². The molecule has 0 saturated carbocycles. The fraction of sp³-hybridized carbons (Fsp3) is 0.278. The summed E-state index contributed by atoms with van der Waals surface area (Å²) in [6.07, 6.45) is 0.626. The van der Waals surface area contributed by atoms with E-state index in [2.05, 4.69) is 15.9 Å². The number of hydrogen-bond acceptors (Lipinski definition) is 5. The van der Waals surface area contributed by atoms with Gasteiger partial charge in [0, 0.05) is 6.42 Å².